The second kappa shape index (κ2) is 4.55. The van der Waals surface area contributed by atoms with Gasteiger partial charge >= 0.3 is 5.97 Å². The molecule has 2 N–H and O–H groups in total. The first-order chi connectivity index (χ1) is 3.77. The summed E-state index contributed by atoms with van der Waals surface area (Å²) in [5.74, 6) is -0.356. The van der Waals surface area contributed by atoms with Crippen molar-refractivity contribution >= 4 is 5.97 Å². The summed E-state index contributed by atoms with van der Waals surface area (Å²) in [4.78, 5) is 9.97. The number of carbonyl (C=O) groups is 1. The fourth-order valence-electron chi connectivity index (χ4n) is 0.198. The van der Waals surface area contributed by atoms with Crippen molar-refractivity contribution in [2.75, 3.05) is 13.5 Å². The van der Waals surface area contributed by atoms with Gasteiger partial charge in [0.15, 0.2) is 0 Å². The Morgan fingerprint density at radius 1 is 1.88 bits per heavy atom. The van der Waals surface area contributed by atoms with Gasteiger partial charge in [-0.3, -0.25) is 10.1 Å². The van der Waals surface area contributed by atoms with Gasteiger partial charge < -0.3 is 9.84 Å². The van der Waals surface area contributed by atoms with Crippen molar-refractivity contribution in [3.63, 3.8) is 0 Å². The largest absolute Gasteiger partial charge is 0.450 e. The molecule has 0 aliphatic rings. The third kappa shape index (κ3) is 5.39. The zero-order valence-corrected chi connectivity index (χ0v) is 4.68. The van der Waals surface area contributed by atoms with E-state index in [2.05, 4.69) is 10.1 Å². The Balaban J connectivity index is 2.82. The van der Waals surface area contributed by atoms with Gasteiger partial charge in [0, 0.05) is 6.92 Å². The van der Waals surface area contributed by atoms with E-state index in [0.29, 0.717) is 0 Å². The molecule has 0 rings (SSSR count). The smallest absolute Gasteiger partial charge is 0.303 e. The molecule has 0 radical (unpaired) electrons. The van der Waals surface area contributed by atoms with E-state index in [1.165, 1.54) is 6.92 Å². The zero-order chi connectivity index (χ0) is 6.41. The summed E-state index contributed by atoms with van der Waals surface area (Å²) >= 11 is 0. The van der Waals surface area contributed by atoms with Crippen LogP contribution in [0, 0.1) is 0 Å². The van der Waals surface area contributed by atoms with Crippen molar-refractivity contribution < 1.29 is 14.6 Å². The van der Waals surface area contributed by atoms with Crippen molar-refractivity contribution in [2.45, 2.75) is 6.92 Å². The first kappa shape index (κ1) is 7.39. The van der Waals surface area contributed by atoms with Crippen LogP contribution in [-0.4, -0.2) is 24.5 Å². The third-order valence-electron chi connectivity index (χ3n) is 0.489. The van der Waals surface area contributed by atoms with Crippen LogP contribution in [0.2, 0.25) is 0 Å². The van der Waals surface area contributed by atoms with E-state index in [1.54, 1.807) is 0 Å². The van der Waals surface area contributed by atoms with Crippen molar-refractivity contribution in [3.8, 4) is 0 Å². The highest BCUT2D eigenvalue weighted by molar-refractivity contribution is 5.65. The van der Waals surface area contributed by atoms with Crippen molar-refractivity contribution in [1.82, 2.24) is 5.32 Å². The summed E-state index contributed by atoms with van der Waals surface area (Å²) < 4.78 is 4.37. The molecule has 0 bridgehead atoms. The summed E-state index contributed by atoms with van der Waals surface area (Å²) in [6.07, 6.45) is 0. The number of hydrogen-bond donors (Lipinski definition) is 2. The molecule has 48 valence electrons. The number of esters is 1. The lowest BCUT2D eigenvalue weighted by Crippen LogP contribution is -2.20. The summed E-state index contributed by atoms with van der Waals surface area (Å²) in [6, 6.07) is 0. The highest BCUT2D eigenvalue weighted by Crippen LogP contribution is 1.68. The maximum atomic E-state index is 9.97. The Morgan fingerprint density at radius 2 is 2.50 bits per heavy atom. The minimum Gasteiger partial charge on any atom is -0.450 e. The van der Waals surface area contributed by atoms with Crippen LogP contribution in [-0.2, 0) is 9.53 Å². The maximum absolute atomic E-state index is 9.97. The van der Waals surface area contributed by atoms with Gasteiger partial charge in [-0.25, -0.2) is 0 Å². The van der Waals surface area contributed by atoms with Crippen molar-refractivity contribution in [3.05, 3.63) is 0 Å². The predicted molar refractivity (Wildman–Crippen MR) is 26.9 cm³/mol. The average molecular weight is 119 g/mol. The van der Waals surface area contributed by atoms with E-state index >= 15 is 0 Å². The molecule has 4 nitrogen and oxygen atoms in total. The number of hydrogen-bond acceptors (Lipinski definition) is 4. The van der Waals surface area contributed by atoms with Gasteiger partial charge in [-0.2, -0.15) is 0 Å². The number of rotatable bonds is 3. The molecule has 4 heteroatoms. The van der Waals surface area contributed by atoms with Gasteiger partial charge in [0.05, 0.1) is 6.73 Å². The van der Waals surface area contributed by atoms with E-state index in [0.717, 1.165) is 0 Å². The van der Waals surface area contributed by atoms with Crippen LogP contribution in [0.5, 0.6) is 0 Å². The Morgan fingerprint density at radius 3 is 2.88 bits per heavy atom. The summed E-state index contributed by atoms with van der Waals surface area (Å²) in [5.41, 5.74) is 0. The monoisotopic (exact) mass is 119 g/mol. The zero-order valence-electron chi connectivity index (χ0n) is 4.68. The summed E-state index contributed by atoms with van der Waals surface area (Å²) in [7, 11) is 0. The molecule has 0 spiro atoms. The van der Waals surface area contributed by atoms with E-state index in [9.17, 15) is 4.79 Å². The molecule has 0 aromatic carbocycles. The molecule has 8 heavy (non-hydrogen) atoms. The van der Waals surface area contributed by atoms with Crippen LogP contribution in [0.3, 0.4) is 0 Å². The third-order valence-corrected chi connectivity index (χ3v) is 0.489. The van der Waals surface area contributed by atoms with Crippen molar-refractivity contribution in [2.24, 2.45) is 0 Å². The first-order valence-electron chi connectivity index (χ1n) is 2.22. The molecule has 0 heterocycles. The van der Waals surface area contributed by atoms with Gasteiger partial charge in [0.25, 0.3) is 0 Å². The molecule has 0 saturated heterocycles. The maximum Gasteiger partial charge on any atom is 0.303 e. The molecule has 0 fully saturated rings. The molecule has 0 aromatic heterocycles. The standard InChI is InChI=1S/C4H9NO3/c1-4(7)8-3-5-2-6/h5-6H,2-3H2,1H3. The average Bonchev–Trinajstić information content (AvgIpc) is 1.66. The van der Waals surface area contributed by atoms with Crippen LogP contribution < -0.4 is 5.32 Å². The Kier molecular flexibility index (Phi) is 4.20. The van der Waals surface area contributed by atoms with E-state index in [4.69, 9.17) is 5.11 Å². The molecule has 0 aliphatic carbocycles. The van der Waals surface area contributed by atoms with Gasteiger partial charge in [-0.05, 0) is 0 Å². The number of aliphatic hydroxyl groups is 1. The van der Waals surface area contributed by atoms with Gasteiger partial charge in [-0.1, -0.05) is 0 Å². The molecule has 0 atom stereocenters. The number of nitrogens with one attached hydrogen (secondary N) is 1. The number of carbonyl (C=O) groups excluding carboxylic acids is 1. The van der Waals surface area contributed by atoms with Crippen molar-refractivity contribution in [1.29, 1.82) is 0 Å². The highest BCUT2D eigenvalue weighted by atomic mass is 16.5. The summed E-state index contributed by atoms with van der Waals surface area (Å²) in [6.45, 7) is 1.21. The van der Waals surface area contributed by atoms with Crippen LogP contribution in [0.15, 0.2) is 0 Å². The molecule has 0 unspecified atom stereocenters. The highest BCUT2D eigenvalue weighted by Gasteiger charge is 1.86. The second-order valence-corrected chi connectivity index (χ2v) is 1.19. The lowest BCUT2D eigenvalue weighted by atomic mass is 10.8. The molecule has 0 saturated carbocycles. The van der Waals surface area contributed by atoms with E-state index in [1.807, 2.05) is 0 Å². The van der Waals surface area contributed by atoms with Gasteiger partial charge in [-0.15, -0.1) is 0 Å². The SMILES string of the molecule is CC(=O)OCNCO. The fourth-order valence-corrected chi connectivity index (χ4v) is 0.198. The van der Waals surface area contributed by atoms with Crippen LogP contribution in [0.4, 0.5) is 0 Å². The topological polar surface area (TPSA) is 58.6 Å². The number of aliphatic hydroxyl groups excluding tert-OH is 1. The first-order valence-corrected chi connectivity index (χ1v) is 2.22. The molecule has 0 aliphatic heterocycles. The fraction of sp³-hybridized carbons (Fsp3) is 0.750. The van der Waals surface area contributed by atoms with Crippen LogP contribution in [0.25, 0.3) is 0 Å². The minimum absolute atomic E-state index is 0.0752. The molecular formula is C4H9NO3. The Bertz CT molecular complexity index is 73.7. The molecule has 0 aromatic rings. The molecular weight excluding hydrogens is 110 g/mol. The van der Waals surface area contributed by atoms with Gasteiger partial charge in [0.1, 0.15) is 6.73 Å². The normalized spacial score (nSPS) is 8.75. The Labute approximate surface area is 47.5 Å². The Hall–Kier alpha value is -0.610. The lowest BCUT2D eigenvalue weighted by molar-refractivity contribution is -0.142. The quantitative estimate of drug-likeness (QED) is 0.285. The summed E-state index contributed by atoms with van der Waals surface area (Å²) in [5, 5.41) is 10.5. The van der Waals surface area contributed by atoms with E-state index < -0.39 is 0 Å². The minimum atomic E-state index is -0.356. The van der Waals surface area contributed by atoms with Crippen LogP contribution >= 0.6 is 0 Å². The second-order valence-electron chi connectivity index (χ2n) is 1.19. The lowest BCUT2D eigenvalue weighted by Gasteiger charge is -1.98. The van der Waals surface area contributed by atoms with E-state index in [-0.39, 0.29) is 19.4 Å². The van der Waals surface area contributed by atoms with Crippen LogP contribution in [0.1, 0.15) is 6.92 Å². The number of ether oxygens (including phenoxy) is 1. The van der Waals surface area contributed by atoms with Gasteiger partial charge in [0.2, 0.25) is 0 Å². The molecule has 0 amide bonds. The predicted octanol–water partition coefficient (Wildman–Crippen LogP) is -0.954.